The molecule has 15 heavy (non-hydrogen) atoms. The van der Waals surface area contributed by atoms with Gasteiger partial charge in [0.25, 0.3) is 0 Å². The molecule has 1 nitrogen and oxygen atoms in total. The third kappa shape index (κ3) is 3.03. The Bertz CT molecular complexity index is 280. The Morgan fingerprint density at radius 2 is 1.67 bits per heavy atom. The van der Waals surface area contributed by atoms with Crippen molar-refractivity contribution in [1.82, 2.24) is 0 Å². The molecule has 0 amide bonds. The van der Waals surface area contributed by atoms with Crippen LogP contribution in [-0.2, 0) is 6.42 Å². The number of rotatable bonds is 5. The van der Waals surface area contributed by atoms with Gasteiger partial charge in [-0.15, -0.1) is 0 Å². The van der Waals surface area contributed by atoms with Gasteiger partial charge in [-0.25, -0.2) is 4.39 Å². The predicted octanol–water partition coefficient (Wildman–Crippen LogP) is 3.13. The minimum absolute atomic E-state index is 0.176. The Labute approximate surface area is 91.5 Å². The van der Waals surface area contributed by atoms with E-state index in [4.69, 9.17) is 5.73 Å². The first kappa shape index (κ1) is 12.2. The summed E-state index contributed by atoms with van der Waals surface area (Å²) >= 11 is 0. The Morgan fingerprint density at radius 3 is 2.07 bits per heavy atom. The molecule has 2 heteroatoms. The van der Waals surface area contributed by atoms with Crippen molar-refractivity contribution in [2.75, 3.05) is 6.54 Å². The molecule has 1 aromatic rings. The fraction of sp³-hybridized carbons (Fsp3) is 0.538. The quantitative estimate of drug-likeness (QED) is 0.792. The van der Waals surface area contributed by atoms with Crippen LogP contribution < -0.4 is 5.73 Å². The van der Waals surface area contributed by atoms with E-state index in [-0.39, 0.29) is 11.2 Å². The van der Waals surface area contributed by atoms with Gasteiger partial charge in [0.15, 0.2) is 0 Å². The van der Waals surface area contributed by atoms with Crippen molar-refractivity contribution in [3.8, 4) is 0 Å². The smallest absolute Gasteiger partial charge is 0.123 e. The maximum atomic E-state index is 12.7. The number of benzene rings is 1. The summed E-state index contributed by atoms with van der Waals surface area (Å²) in [6, 6.07) is 6.74. The first-order chi connectivity index (χ1) is 7.15. The summed E-state index contributed by atoms with van der Waals surface area (Å²) in [6.07, 6.45) is 3.07. The summed E-state index contributed by atoms with van der Waals surface area (Å²) < 4.78 is 12.7. The van der Waals surface area contributed by atoms with Crippen LogP contribution >= 0.6 is 0 Å². The lowest BCUT2D eigenvalue weighted by atomic mass is 9.77. The summed E-state index contributed by atoms with van der Waals surface area (Å²) in [5.74, 6) is -0.176. The number of hydrogen-bond donors (Lipinski definition) is 1. The van der Waals surface area contributed by atoms with Crippen LogP contribution in [0.15, 0.2) is 24.3 Å². The fourth-order valence-corrected chi connectivity index (χ4v) is 1.90. The predicted molar refractivity (Wildman–Crippen MR) is 62.2 cm³/mol. The van der Waals surface area contributed by atoms with Crippen molar-refractivity contribution >= 4 is 0 Å². The first-order valence-electron chi connectivity index (χ1n) is 5.60. The van der Waals surface area contributed by atoms with Crippen LogP contribution in [0.3, 0.4) is 0 Å². The van der Waals surface area contributed by atoms with Crippen LogP contribution in [0.2, 0.25) is 0 Å². The van der Waals surface area contributed by atoms with Gasteiger partial charge in [-0.2, -0.15) is 0 Å². The molecular formula is C13H20FN. The summed E-state index contributed by atoms with van der Waals surface area (Å²) in [5, 5.41) is 0. The molecule has 0 heterocycles. The van der Waals surface area contributed by atoms with Crippen molar-refractivity contribution in [3.63, 3.8) is 0 Å². The van der Waals surface area contributed by atoms with Crippen molar-refractivity contribution in [1.29, 1.82) is 0 Å². The van der Waals surface area contributed by atoms with E-state index in [1.807, 2.05) is 12.1 Å². The Hall–Kier alpha value is -0.890. The third-order valence-corrected chi connectivity index (χ3v) is 3.43. The van der Waals surface area contributed by atoms with Gasteiger partial charge in [0.05, 0.1) is 0 Å². The highest BCUT2D eigenvalue weighted by molar-refractivity contribution is 5.17. The zero-order valence-electron chi connectivity index (χ0n) is 9.59. The maximum absolute atomic E-state index is 12.7. The van der Waals surface area contributed by atoms with E-state index in [1.165, 1.54) is 17.7 Å². The second-order valence-electron chi connectivity index (χ2n) is 4.21. The SMILES string of the molecule is CCC(CC)(CN)Cc1ccc(F)cc1. The molecule has 0 fully saturated rings. The number of hydrogen-bond acceptors (Lipinski definition) is 1. The van der Waals surface area contributed by atoms with Gasteiger partial charge in [-0.1, -0.05) is 26.0 Å². The fourth-order valence-electron chi connectivity index (χ4n) is 1.90. The molecule has 0 aliphatic heterocycles. The summed E-state index contributed by atoms with van der Waals surface area (Å²) in [5.41, 5.74) is 7.18. The molecule has 0 saturated heterocycles. The van der Waals surface area contributed by atoms with Crippen LogP contribution in [0.5, 0.6) is 0 Å². The normalized spacial score (nSPS) is 11.7. The zero-order valence-corrected chi connectivity index (χ0v) is 9.59. The van der Waals surface area contributed by atoms with Gasteiger partial charge >= 0.3 is 0 Å². The topological polar surface area (TPSA) is 26.0 Å². The highest BCUT2D eigenvalue weighted by atomic mass is 19.1. The van der Waals surface area contributed by atoms with E-state index < -0.39 is 0 Å². The van der Waals surface area contributed by atoms with Gasteiger partial charge in [-0.3, -0.25) is 0 Å². The molecule has 0 unspecified atom stereocenters. The molecule has 0 bridgehead atoms. The molecule has 1 rings (SSSR count). The molecule has 0 aromatic heterocycles. The lowest BCUT2D eigenvalue weighted by molar-refractivity contribution is 0.271. The second-order valence-corrected chi connectivity index (χ2v) is 4.21. The highest BCUT2D eigenvalue weighted by Gasteiger charge is 2.24. The Balaban J connectivity index is 2.78. The van der Waals surface area contributed by atoms with Crippen LogP contribution in [-0.4, -0.2) is 6.54 Å². The van der Waals surface area contributed by atoms with Crippen molar-refractivity contribution in [2.24, 2.45) is 11.1 Å². The molecule has 2 N–H and O–H groups in total. The van der Waals surface area contributed by atoms with Crippen molar-refractivity contribution < 1.29 is 4.39 Å². The molecule has 0 radical (unpaired) electrons. The number of halogens is 1. The highest BCUT2D eigenvalue weighted by Crippen LogP contribution is 2.29. The van der Waals surface area contributed by atoms with Gasteiger partial charge in [0.2, 0.25) is 0 Å². The zero-order chi connectivity index (χ0) is 11.3. The van der Waals surface area contributed by atoms with Crippen molar-refractivity contribution in [2.45, 2.75) is 33.1 Å². The monoisotopic (exact) mass is 209 g/mol. The van der Waals surface area contributed by atoms with E-state index in [0.29, 0.717) is 6.54 Å². The molecule has 0 spiro atoms. The molecule has 84 valence electrons. The molecule has 0 saturated carbocycles. The largest absolute Gasteiger partial charge is 0.330 e. The second kappa shape index (κ2) is 5.26. The minimum Gasteiger partial charge on any atom is -0.330 e. The number of nitrogens with two attached hydrogens (primary N) is 1. The maximum Gasteiger partial charge on any atom is 0.123 e. The van der Waals surface area contributed by atoms with E-state index in [0.717, 1.165) is 19.3 Å². The third-order valence-electron chi connectivity index (χ3n) is 3.43. The van der Waals surface area contributed by atoms with Crippen LogP contribution in [0.1, 0.15) is 32.3 Å². The average molecular weight is 209 g/mol. The van der Waals surface area contributed by atoms with Gasteiger partial charge in [-0.05, 0) is 48.9 Å². The van der Waals surface area contributed by atoms with Crippen LogP contribution in [0.25, 0.3) is 0 Å². The van der Waals surface area contributed by atoms with Gasteiger partial charge < -0.3 is 5.73 Å². The first-order valence-corrected chi connectivity index (χ1v) is 5.60. The standard InChI is InChI=1S/C13H20FN/c1-3-13(4-2,10-15)9-11-5-7-12(14)8-6-11/h5-8H,3-4,9-10,15H2,1-2H3. The lowest BCUT2D eigenvalue weighted by Gasteiger charge is -2.30. The minimum atomic E-state index is -0.176. The molecule has 0 atom stereocenters. The molecule has 0 aliphatic rings. The van der Waals surface area contributed by atoms with Gasteiger partial charge in [0, 0.05) is 0 Å². The van der Waals surface area contributed by atoms with E-state index in [9.17, 15) is 4.39 Å². The summed E-state index contributed by atoms with van der Waals surface area (Å²) in [7, 11) is 0. The van der Waals surface area contributed by atoms with E-state index in [2.05, 4.69) is 13.8 Å². The van der Waals surface area contributed by atoms with Crippen LogP contribution in [0.4, 0.5) is 4.39 Å². The Kier molecular flexibility index (Phi) is 4.28. The van der Waals surface area contributed by atoms with Crippen LogP contribution in [0, 0.1) is 11.2 Å². The average Bonchev–Trinajstić information content (AvgIpc) is 2.29. The molecule has 0 aliphatic carbocycles. The molecular weight excluding hydrogens is 189 g/mol. The Morgan fingerprint density at radius 1 is 1.13 bits per heavy atom. The van der Waals surface area contributed by atoms with E-state index in [1.54, 1.807) is 0 Å². The summed E-state index contributed by atoms with van der Waals surface area (Å²) in [4.78, 5) is 0. The van der Waals surface area contributed by atoms with Crippen molar-refractivity contribution in [3.05, 3.63) is 35.6 Å². The van der Waals surface area contributed by atoms with E-state index >= 15 is 0 Å². The summed E-state index contributed by atoms with van der Waals surface area (Å²) in [6.45, 7) is 5.02. The lowest BCUT2D eigenvalue weighted by Crippen LogP contribution is -2.31. The molecule has 1 aromatic carbocycles. The van der Waals surface area contributed by atoms with Gasteiger partial charge in [0.1, 0.15) is 5.82 Å².